The standard InChI is InChI=1S/C11H16O2S/c1-8(13-3)4-6-10(12)11-7-5-9(2)14-11/h5,7-8H,4,6H2,1-3H3. The maximum Gasteiger partial charge on any atom is 0.172 e. The van der Waals surface area contributed by atoms with Crippen molar-refractivity contribution in [2.45, 2.75) is 32.8 Å². The molecule has 0 fully saturated rings. The van der Waals surface area contributed by atoms with Crippen LogP contribution in [0.4, 0.5) is 0 Å². The van der Waals surface area contributed by atoms with E-state index < -0.39 is 0 Å². The first-order chi connectivity index (χ1) is 6.63. The number of hydrogen-bond acceptors (Lipinski definition) is 3. The third-order valence-corrected chi connectivity index (χ3v) is 3.24. The molecule has 0 amide bonds. The highest BCUT2D eigenvalue weighted by atomic mass is 32.1. The van der Waals surface area contributed by atoms with Crippen LogP contribution in [0.25, 0.3) is 0 Å². The van der Waals surface area contributed by atoms with Gasteiger partial charge in [-0.2, -0.15) is 0 Å². The average molecular weight is 212 g/mol. The molecule has 0 saturated heterocycles. The highest BCUT2D eigenvalue weighted by Crippen LogP contribution is 2.18. The molecule has 0 saturated carbocycles. The summed E-state index contributed by atoms with van der Waals surface area (Å²) in [6, 6.07) is 3.89. The van der Waals surface area contributed by atoms with E-state index in [-0.39, 0.29) is 11.9 Å². The quantitative estimate of drug-likeness (QED) is 0.701. The SMILES string of the molecule is COC(C)CCC(=O)c1ccc(C)s1. The van der Waals surface area contributed by atoms with E-state index >= 15 is 0 Å². The van der Waals surface area contributed by atoms with Crippen molar-refractivity contribution in [3.8, 4) is 0 Å². The van der Waals surface area contributed by atoms with Crippen molar-refractivity contribution < 1.29 is 9.53 Å². The highest BCUT2D eigenvalue weighted by Gasteiger charge is 2.09. The second-order valence-corrected chi connectivity index (χ2v) is 4.71. The van der Waals surface area contributed by atoms with Gasteiger partial charge in [-0.25, -0.2) is 0 Å². The lowest BCUT2D eigenvalue weighted by Gasteiger charge is -2.06. The second kappa shape index (κ2) is 5.27. The molecule has 0 spiro atoms. The van der Waals surface area contributed by atoms with Gasteiger partial charge in [0.05, 0.1) is 11.0 Å². The number of rotatable bonds is 5. The van der Waals surface area contributed by atoms with E-state index in [1.54, 1.807) is 18.4 Å². The van der Waals surface area contributed by atoms with Crippen molar-refractivity contribution in [1.29, 1.82) is 0 Å². The molecule has 3 heteroatoms. The Labute approximate surface area is 88.9 Å². The van der Waals surface area contributed by atoms with Gasteiger partial charge in [0.25, 0.3) is 0 Å². The number of aryl methyl sites for hydroxylation is 1. The van der Waals surface area contributed by atoms with E-state index in [2.05, 4.69) is 0 Å². The largest absolute Gasteiger partial charge is 0.382 e. The van der Waals surface area contributed by atoms with Crippen molar-refractivity contribution >= 4 is 17.1 Å². The monoisotopic (exact) mass is 212 g/mol. The first-order valence-corrected chi connectivity index (χ1v) is 5.57. The summed E-state index contributed by atoms with van der Waals surface area (Å²) in [5.74, 6) is 0.229. The Morgan fingerprint density at radius 2 is 2.29 bits per heavy atom. The smallest absolute Gasteiger partial charge is 0.172 e. The van der Waals surface area contributed by atoms with Crippen LogP contribution in [0.15, 0.2) is 12.1 Å². The Morgan fingerprint density at radius 1 is 1.57 bits per heavy atom. The van der Waals surface area contributed by atoms with Gasteiger partial charge in [0.2, 0.25) is 0 Å². The van der Waals surface area contributed by atoms with Gasteiger partial charge < -0.3 is 4.74 Å². The lowest BCUT2D eigenvalue weighted by Crippen LogP contribution is -2.07. The van der Waals surface area contributed by atoms with Gasteiger partial charge in [0, 0.05) is 18.4 Å². The zero-order valence-electron chi connectivity index (χ0n) is 8.87. The first kappa shape index (κ1) is 11.4. The van der Waals surface area contributed by atoms with Crippen LogP contribution in [0, 0.1) is 6.92 Å². The maximum absolute atomic E-state index is 11.6. The minimum absolute atomic E-state index is 0.167. The van der Waals surface area contributed by atoms with Crippen LogP contribution in [0.1, 0.15) is 34.3 Å². The average Bonchev–Trinajstić information content (AvgIpc) is 2.60. The van der Waals surface area contributed by atoms with Crippen LogP contribution < -0.4 is 0 Å². The van der Waals surface area contributed by atoms with E-state index in [0.29, 0.717) is 6.42 Å². The molecule has 0 aliphatic heterocycles. The number of carbonyl (C=O) groups is 1. The second-order valence-electron chi connectivity index (χ2n) is 3.42. The van der Waals surface area contributed by atoms with Gasteiger partial charge in [0.1, 0.15) is 0 Å². The third-order valence-electron chi connectivity index (χ3n) is 2.20. The van der Waals surface area contributed by atoms with Crippen molar-refractivity contribution in [3.05, 3.63) is 21.9 Å². The number of hydrogen-bond donors (Lipinski definition) is 0. The number of Topliss-reactive ketones (excluding diaryl/α,β-unsaturated/α-hetero) is 1. The summed E-state index contributed by atoms with van der Waals surface area (Å²) in [6.45, 7) is 3.99. The van der Waals surface area contributed by atoms with Gasteiger partial charge in [-0.3, -0.25) is 4.79 Å². The Hall–Kier alpha value is -0.670. The molecule has 1 aromatic rings. The summed E-state index contributed by atoms with van der Waals surface area (Å²) in [5, 5.41) is 0. The number of ether oxygens (including phenoxy) is 1. The molecule has 1 aromatic heterocycles. The zero-order valence-corrected chi connectivity index (χ0v) is 9.69. The fraction of sp³-hybridized carbons (Fsp3) is 0.545. The number of carbonyl (C=O) groups excluding carboxylic acids is 1. The summed E-state index contributed by atoms with van der Waals surface area (Å²) >= 11 is 1.56. The van der Waals surface area contributed by atoms with Crippen LogP contribution in [0.2, 0.25) is 0 Å². The van der Waals surface area contributed by atoms with Crippen LogP contribution in [0.3, 0.4) is 0 Å². The predicted molar refractivity (Wildman–Crippen MR) is 59.1 cm³/mol. The maximum atomic E-state index is 11.6. The molecule has 1 atom stereocenters. The molecular weight excluding hydrogens is 196 g/mol. The van der Waals surface area contributed by atoms with Crippen LogP contribution in [-0.4, -0.2) is 19.0 Å². The van der Waals surface area contributed by atoms with E-state index in [0.717, 1.165) is 11.3 Å². The minimum Gasteiger partial charge on any atom is -0.382 e. The lowest BCUT2D eigenvalue weighted by atomic mass is 10.1. The molecule has 0 aromatic carbocycles. The molecule has 78 valence electrons. The summed E-state index contributed by atoms with van der Waals surface area (Å²) in [5.41, 5.74) is 0. The molecular formula is C11H16O2S. The van der Waals surface area contributed by atoms with Gasteiger partial charge in [-0.05, 0) is 32.4 Å². The van der Waals surface area contributed by atoms with Gasteiger partial charge in [-0.1, -0.05) is 0 Å². The van der Waals surface area contributed by atoms with Crippen molar-refractivity contribution in [2.75, 3.05) is 7.11 Å². The molecule has 1 rings (SSSR count). The Bertz CT molecular complexity index is 304. The predicted octanol–water partition coefficient (Wildman–Crippen LogP) is 3.05. The molecule has 0 bridgehead atoms. The molecule has 0 aliphatic rings. The van der Waals surface area contributed by atoms with E-state index in [9.17, 15) is 4.79 Å². The zero-order chi connectivity index (χ0) is 10.6. The van der Waals surface area contributed by atoms with Gasteiger partial charge in [0.15, 0.2) is 5.78 Å². The highest BCUT2D eigenvalue weighted by molar-refractivity contribution is 7.14. The fourth-order valence-electron chi connectivity index (χ4n) is 1.16. The molecule has 0 N–H and O–H groups in total. The Morgan fingerprint density at radius 3 is 2.79 bits per heavy atom. The normalized spacial score (nSPS) is 12.8. The molecule has 0 radical (unpaired) electrons. The summed E-state index contributed by atoms with van der Waals surface area (Å²) in [6.07, 6.45) is 1.54. The molecule has 2 nitrogen and oxygen atoms in total. The molecule has 0 aliphatic carbocycles. The Kier molecular flexibility index (Phi) is 4.29. The topological polar surface area (TPSA) is 26.3 Å². The van der Waals surface area contributed by atoms with E-state index in [1.807, 2.05) is 26.0 Å². The van der Waals surface area contributed by atoms with Crippen molar-refractivity contribution in [1.82, 2.24) is 0 Å². The van der Waals surface area contributed by atoms with Crippen LogP contribution in [-0.2, 0) is 4.74 Å². The first-order valence-electron chi connectivity index (χ1n) is 4.76. The van der Waals surface area contributed by atoms with Crippen LogP contribution >= 0.6 is 11.3 Å². The van der Waals surface area contributed by atoms with Gasteiger partial charge in [-0.15, -0.1) is 11.3 Å². The molecule has 1 unspecified atom stereocenters. The van der Waals surface area contributed by atoms with Gasteiger partial charge >= 0.3 is 0 Å². The van der Waals surface area contributed by atoms with Crippen LogP contribution in [0.5, 0.6) is 0 Å². The van der Waals surface area contributed by atoms with Crippen molar-refractivity contribution in [3.63, 3.8) is 0 Å². The summed E-state index contributed by atoms with van der Waals surface area (Å²) in [7, 11) is 1.67. The lowest BCUT2D eigenvalue weighted by molar-refractivity contribution is 0.0881. The fourth-order valence-corrected chi connectivity index (χ4v) is 1.99. The third kappa shape index (κ3) is 3.24. The molecule has 1 heterocycles. The summed E-state index contributed by atoms with van der Waals surface area (Å²) < 4.78 is 5.09. The number of thiophene rings is 1. The van der Waals surface area contributed by atoms with E-state index in [4.69, 9.17) is 4.74 Å². The molecule has 14 heavy (non-hydrogen) atoms. The Balaban J connectivity index is 2.43. The minimum atomic E-state index is 0.167. The van der Waals surface area contributed by atoms with E-state index in [1.165, 1.54) is 4.88 Å². The number of methoxy groups -OCH3 is 1. The number of ketones is 1. The summed E-state index contributed by atoms with van der Waals surface area (Å²) in [4.78, 5) is 13.7. The van der Waals surface area contributed by atoms with Crippen molar-refractivity contribution in [2.24, 2.45) is 0 Å².